The number of halogens is 2. The molecule has 31 heavy (non-hydrogen) atoms. The summed E-state index contributed by atoms with van der Waals surface area (Å²) < 4.78 is 7.66. The zero-order valence-electron chi connectivity index (χ0n) is 17.8. The molecule has 6 nitrogen and oxygen atoms in total. The molecule has 2 aromatic carbocycles. The molecule has 0 spiro atoms. The maximum absolute atomic E-state index is 12.3. The van der Waals surface area contributed by atoms with Gasteiger partial charge in [0.25, 0.3) is 0 Å². The summed E-state index contributed by atoms with van der Waals surface area (Å²) in [5.74, 6) is 1.38. The van der Waals surface area contributed by atoms with Crippen LogP contribution in [-0.2, 0) is 23.9 Å². The summed E-state index contributed by atoms with van der Waals surface area (Å²) in [5.41, 5.74) is 1.82. The van der Waals surface area contributed by atoms with Gasteiger partial charge in [0, 0.05) is 12.1 Å². The summed E-state index contributed by atoms with van der Waals surface area (Å²) in [7, 11) is 1.84. The molecule has 0 aliphatic carbocycles. The van der Waals surface area contributed by atoms with E-state index < -0.39 is 0 Å². The summed E-state index contributed by atoms with van der Waals surface area (Å²) in [6.45, 7) is 6.80. The van der Waals surface area contributed by atoms with Gasteiger partial charge in [-0.15, -0.1) is 10.2 Å². The second-order valence-electron chi connectivity index (χ2n) is 7.98. The van der Waals surface area contributed by atoms with E-state index in [0.29, 0.717) is 26.7 Å². The van der Waals surface area contributed by atoms with Crippen LogP contribution in [0, 0.1) is 0 Å². The van der Waals surface area contributed by atoms with Gasteiger partial charge in [-0.05, 0) is 41.3 Å². The molecule has 1 amide bonds. The van der Waals surface area contributed by atoms with Crippen LogP contribution in [-0.4, -0.2) is 26.4 Å². The van der Waals surface area contributed by atoms with E-state index in [2.05, 4.69) is 48.4 Å². The van der Waals surface area contributed by atoms with Gasteiger partial charge < -0.3 is 14.6 Å². The second-order valence-corrected chi connectivity index (χ2v) is 9.77. The first-order chi connectivity index (χ1) is 14.6. The fraction of sp³-hybridized carbons (Fsp3) is 0.318. The minimum atomic E-state index is -0.214. The van der Waals surface area contributed by atoms with Crippen molar-refractivity contribution in [2.45, 2.75) is 37.9 Å². The number of hydrogen-bond donors (Lipinski definition) is 1. The fourth-order valence-electron chi connectivity index (χ4n) is 2.71. The topological polar surface area (TPSA) is 69.0 Å². The molecule has 1 heterocycles. The van der Waals surface area contributed by atoms with Crippen molar-refractivity contribution >= 4 is 46.6 Å². The van der Waals surface area contributed by atoms with Gasteiger partial charge in [0.1, 0.15) is 12.4 Å². The Hall–Kier alpha value is -2.22. The number of carbonyl (C=O) groups is 1. The number of benzene rings is 2. The Morgan fingerprint density at radius 1 is 1.13 bits per heavy atom. The first-order valence-corrected chi connectivity index (χ1v) is 11.4. The quantitative estimate of drug-likeness (QED) is 0.439. The van der Waals surface area contributed by atoms with Gasteiger partial charge in [-0.1, -0.05) is 67.9 Å². The van der Waals surface area contributed by atoms with Crippen LogP contribution < -0.4 is 10.1 Å². The van der Waals surface area contributed by atoms with Crippen molar-refractivity contribution in [3.05, 3.63) is 63.9 Å². The largest absolute Gasteiger partial charge is 0.486 e. The van der Waals surface area contributed by atoms with Gasteiger partial charge in [-0.25, -0.2) is 0 Å². The first kappa shape index (κ1) is 23.4. The lowest BCUT2D eigenvalue weighted by Crippen LogP contribution is -2.15. The standard InChI is InChI=1S/C22H24Cl2N4O2S/c1-22(2,3)14-5-8-16(9-6-14)30-12-19-26-27-21(28(19)4)31-13-20(29)25-18-11-15(23)7-10-17(18)24/h5-11H,12-13H2,1-4H3,(H,25,29). The number of aromatic nitrogens is 3. The van der Waals surface area contributed by atoms with E-state index in [0.717, 1.165) is 5.75 Å². The molecule has 0 radical (unpaired) electrons. The van der Waals surface area contributed by atoms with Crippen molar-refractivity contribution in [2.75, 3.05) is 11.1 Å². The van der Waals surface area contributed by atoms with Crippen molar-refractivity contribution in [1.82, 2.24) is 14.8 Å². The molecule has 0 aliphatic heterocycles. The van der Waals surface area contributed by atoms with Crippen LogP contribution in [0.25, 0.3) is 0 Å². The zero-order valence-corrected chi connectivity index (χ0v) is 20.1. The molecule has 9 heteroatoms. The Balaban J connectivity index is 1.54. The first-order valence-electron chi connectivity index (χ1n) is 9.63. The lowest BCUT2D eigenvalue weighted by Gasteiger charge is -2.19. The van der Waals surface area contributed by atoms with Gasteiger partial charge in [-0.2, -0.15) is 0 Å². The number of hydrogen-bond acceptors (Lipinski definition) is 5. The highest BCUT2D eigenvalue weighted by Crippen LogP contribution is 2.27. The summed E-state index contributed by atoms with van der Waals surface area (Å²) >= 11 is 13.3. The number of ether oxygens (including phenoxy) is 1. The number of thioether (sulfide) groups is 1. The number of rotatable bonds is 7. The normalized spacial score (nSPS) is 11.4. The summed E-state index contributed by atoms with van der Waals surface area (Å²) in [5, 5.41) is 12.6. The molecular weight excluding hydrogens is 455 g/mol. The molecule has 0 aliphatic rings. The van der Waals surface area contributed by atoms with Crippen molar-refractivity contribution in [3.63, 3.8) is 0 Å². The van der Waals surface area contributed by atoms with E-state index in [-0.39, 0.29) is 23.7 Å². The Kier molecular flexibility index (Phi) is 7.51. The van der Waals surface area contributed by atoms with Crippen LogP contribution in [0.3, 0.4) is 0 Å². The van der Waals surface area contributed by atoms with Crippen LogP contribution in [0.2, 0.25) is 10.0 Å². The summed E-state index contributed by atoms with van der Waals surface area (Å²) in [6, 6.07) is 13.0. The lowest BCUT2D eigenvalue weighted by atomic mass is 9.87. The summed E-state index contributed by atoms with van der Waals surface area (Å²) in [6.07, 6.45) is 0. The Labute approximate surface area is 196 Å². The van der Waals surface area contributed by atoms with Gasteiger partial charge in [0.15, 0.2) is 11.0 Å². The van der Waals surface area contributed by atoms with E-state index in [1.165, 1.54) is 17.3 Å². The van der Waals surface area contributed by atoms with Crippen molar-refractivity contribution in [1.29, 1.82) is 0 Å². The van der Waals surface area contributed by atoms with E-state index in [9.17, 15) is 4.79 Å². The van der Waals surface area contributed by atoms with Crippen LogP contribution in [0.5, 0.6) is 5.75 Å². The number of anilines is 1. The van der Waals surface area contributed by atoms with Gasteiger partial charge >= 0.3 is 0 Å². The molecule has 3 rings (SSSR count). The minimum absolute atomic E-state index is 0.0959. The average Bonchev–Trinajstić information content (AvgIpc) is 3.07. The van der Waals surface area contributed by atoms with Crippen molar-refractivity contribution in [2.24, 2.45) is 7.05 Å². The van der Waals surface area contributed by atoms with Crippen LogP contribution in [0.15, 0.2) is 47.6 Å². The van der Waals surface area contributed by atoms with Crippen LogP contribution >= 0.6 is 35.0 Å². The smallest absolute Gasteiger partial charge is 0.234 e. The maximum Gasteiger partial charge on any atom is 0.234 e. The third-order valence-electron chi connectivity index (χ3n) is 4.55. The molecule has 164 valence electrons. The molecule has 1 N–H and O–H groups in total. The molecule has 0 unspecified atom stereocenters. The molecule has 0 saturated heterocycles. The Morgan fingerprint density at radius 2 is 1.84 bits per heavy atom. The SMILES string of the molecule is Cn1c(COc2ccc(C(C)(C)C)cc2)nnc1SCC(=O)Nc1cc(Cl)ccc1Cl. The van der Waals surface area contributed by atoms with E-state index >= 15 is 0 Å². The van der Waals surface area contributed by atoms with Crippen molar-refractivity contribution < 1.29 is 9.53 Å². The maximum atomic E-state index is 12.3. The molecular formula is C22H24Cl2N4O2S. The molecule has 3 aromatic rings. The third kappa shape index (κ3) is 6.38. The molecule has 0 fully saturated rings. The van der Waals surface area contributed by atoms with E-state index in [1.54, 1.807) is 18.2 Å². The van der Waals surface area contributed by atoms with Gasteiger partial charge in [-0.3, -0.25) is 4.79 Å². The monoisotopic (exact) mass is 478 g/mol. The van der Waals surface area contributed by atoms with Gasteiger partial charge in [0.05, 0.1) is 16.5 Å². The van der Waals surface area contributed by atoms with Gasteiger partial charge in [0.2, 0.25) is 5.91 Å². The second kappa shape index (κ2) is 9.94. The zero-order chi connectivity index (χ0) is 22.6. The van der Waals surface area contributed by atoms with E-state index in [4.69, 9.17) is 27.9 Å². The molecule has 0 atom stereocenters. The highest BCUT2D eigenvalue weighted by atomic mass is 35.5. The molecule has 0 bridgehead atoms. The number of amides is 1. The van der Waals surface area contributed by atoms with Crippen LogP contribution in [0.4, 0.5) is 5.69 Å². The fourth-order valence-corrected chi connectivity index (χ4v) is 3.77. The summed E-state index contributed by atoms with van der Waals surface area (Å²) in [4.78, 5) is 12.3. The molecule has 0 saturated carbocycles. The molecule has 1 aromatic heterocycles. The predicted octanol–water partition coefficient (Wildman–Crippen LogP) is 5.73. The average molecular weight is 479 g/mol. The number of nitrogens with zero attached hydrogens (tertiary/aromatic N) is 3. The Bertz CT molecular complexity index is 1060. The predicted molar refractivity (Wildman–Crippen MR) is 126 cm³/mol. The Morgan fingerprint density at radius 3 is 2.52 bits per heavy atom. The van der Waals surface area contributed by atoms with E-state index in [1.807, 2.05) is 23.7 Å². The number of nitrogens with one attached hydrogen (secondary N) is 1. The third-order valence-corrected chi connectivity index (χ3v) is 6.13. The van der Waals surface area contributed by atoms with Crippen molar-refractivity contribution in [3.8, 4) is 5.75 Å². The highest BCUT2D eigenvalue weighted by molar-refractivity contribution is 7.99. The van der Waals surface area contributed by atoms with Crippen LogP contribution in [0.1, 0.15) is 32.2 Å². The number of carbonyl (C=O) groups excluding carboxylic acids is 1. The highest BCUT2D eigenvalue weighted by Gasteiger charge is 2.15. The minimum Gasteiger partial charge on any atom is -0.486 e. The lowest BCUT2D eigenvalue weighted by molar-refractivity contribution is -0.113.